The molecule has 0 aromatic heterocycles. The Kier molecular flexibility index (Phi) is 6.17. The summed E-state index contributed by atoms with van der Waals surface area (Å²) in [5.41, 5.74) is 0.922. The first-order chi connectivity index (χ1) is 18.6. The predicted molar refractivity (Wildman–Crippen MR) is 143 cm³/mol. The monoisotopic (exact) mass is 552 g/mol. The van der Waals surface area contributed by atoms with Gasteiger partial charge in [-0.25, -0.2) is 22.1 Å². The maximum Gasteiger partial charge on any atom is 0.199 e. The summed E-state index contributed by atoms with van der Waals surface area (Å²) < 4.78 is 61.7. The third-order valence-corrected chi connectivity index (χ3v) is 12.1. The van der Waals surface area contributed by atoms with Crippen molar-refractivity contribution in [2.75, 3.05) is 31.1 Å². The topological polar surface area (TPSA) is 46.4 Å². The molecule has 9 heteroatoms. The molecule has 39 heavy (non-hydrogen) atoms. The van der Waals surface area contributed by atoms with Crippen molar-refractivity contribution in [3.8, 4) is 0 Å². The van der Waals surface area contributed by atoms with Crippen molar-refractivity contribution in [2.45, 2.75) is 38.8 Å². The van der Waals surface area contributed by atoms with Gasteiger partial charge in [-0.05, 0) is 58.1 Å². The van der Waals surface area contributed by atoms with E-state index in [1.165, 1.54) is 0 Å². The van der Waals surface area contributed by atoms with Gasteiger partial charge < -0.3 is 14.8 Å². The molecule has 4 aliphatic rings. The molecule has 6 rings (SSSR count). The SMILES string of the molecule is C[Si]1(C)C2=CC(=[N+]3CCCC3)C=CC2=C(c2c(F)c(F)c(F)c(F)c2C(=O)[O-])c2ccc(N3CCCC3)cc21. The second-order valence-corrected chi connectivity index (χ2v) is 15.5. The summed E-state index contributed by atoms with van der Waals surface area (Å²) in [5, 5.41) is 13.9. The zero-order valence-electron chi connectivity index (χ0n) is 21.8. The Hall–Kier alpha value is -3.46. The van der Waals surface area contributed by atoms with Crippen LogP contribution in [0.25, 0.3) is 5.57 Å². The van der Waals surface area contributed by atoms with E-state index in [0.29, 0.717) is 11.1 Å². The van der Waals surface area contributed by atoms with E-state index in [9.17, 15) is 23.1 Å². The molecule has 4 nitrogen and oxygen atoms in total. The van der Waals surface area contributed by atoms with Gasteiger partial charge in [-0.2, -0.15) is 0 Å². The third-order valence-electron chi connectivity index (χ3n) is 8.56. The Morgan fingerprint density at radius 1 is 0.923 bits per heavy atom. The van der Waals surface area contributed by atoms with Crippen LogP contribution in [-0.4, -0.2) is 50.5 Å². The molecule has 202 valence electrons. The van der Waals surface area contributed by atoms with Gasteiger partial charge in [0.25, 0.3) is 0 Å². The second-order valence-electron chi connectivity index (χ2n) is 11.1. The van der Waals surface area contributed by atoms with E-state index >= 15 is 4.39 Å². The van der Waals surface area contributed by atoms with Crippen molar-refractivity contribution >= 4 is 36.2 Å². The standard InChI is InChI=1S/C30H28F4N2O2Si/c1-39(2)21-15-17(35-11-3-4-12-35)7-9-19(21)23(20-10-8-18(16-22(20)39)36-13-5-6-14-36)24-25(30(37)38)27(32)29(34)28(33)26(24)31/h7-10,15-16H,3-6,11-14H2,1-2H3. The highest BCUT2D eigenvalue weighted by Crippen LogP contribution is 2.44. The van der Waals surface area contributed by atoms with Crippen molar-refractivity contribution in [1.82, 2.24) is 0 Å². The number of hydrogen-bond donors (Lipinski definition) is 0. The average Bonchev–Trinajstić information content (AvgIpc) is 3.65. The molecule has 0 bridgehead atoms. The maximum atomic E-state index is 15.6. The van der Waals surface area contributed by atoms with Crippen molar-refractivity contribution < 1.29 is 32.0 Å². The van der Waals surface area contributed by atoms with Crippen molar-refractivity contribution in [2.24, 2.45) is 0 Å². The number of carbonyl (C=O) groups is 1. The molecule has 2 aromatic rings. The lowest BCUT2D eigenvalue weighted by molar-refractivity contribution is -0.504. The molecule has 0 radical (unpaired) electrons. The number of carboxylic acid groups (broad SMARTS) is 1. The molecule has 0 N–H and O–H groups in total. The quantitative estimate of drug-likeness (QED) is 0.188. The number of anilines is 1. The van der Waals surface area contributed by atoms with Crippen LogP contribution in [0.5, 0.6) is 0 Å². The molecule has 0 atom stereocenters. The molecule has 2 aromatic carbocycles. The predicted octanol–water partition coefficient (Wildman–Crippen LogP) is 4.22. The Labute approximate surface area is 225 Å². The minimum Gasteiger partial charge on any atom is -0.545 e. The zero-order chi connectivity index (χ0) is 27.6. The lowest BCUT2D eigenvalue weighted by Crippen LogP contribution is -2.50. The van der Waals surface area contributed by atoms with E-state index in [0.717, 1.165) is 73.6 Å². The van der Waals surface area contributed by atoms with Crippen LogP contribution in [0.4, 0.5) is 23.2 Å². The Morgan fingerprint density at radius 3 is 2.26 bits per heavy atom. The van der Waals surface area contributed by atoms with E-state index in [1.807, 2.05) is 12.1 Å². The van der Waals surface area contributed by atoms with Crippen LogP contribution in [0.1, 0.15) is 47.2 Å². The smallest absolute Gasteiger partial charge is 0.199 e. The normalized spacial score (nSPS) is 19.9. The number of fused-ring (bicyclic) bond motifs is 2. The van der Waals surface area contributed by atoms with Crippen molar-refractivity contribution in [3.63, 3.8) is 0 Å². The number of nitrogens with zero attached hydrogens (tertiary/aromatic N) is 2. The van der Waals surface area contributed by atoms with Gasteiger partial charge in [0.05, 0.1) is 5.97 Å². The fourth-order valence-electron chi connectivity index (χ4n) is 6.50. The minimum atomic E-state index is -2.49. The highest BCUT2D eigenvalue weighted by Gasteiger charge is 2.43. The van der Waals surface area contributed by atoms with Gasteiger partial charge in [0.2, 0.25) is 0 Å². The van der Waals surface area contributed by atoms with Crippen LogP contribution < -0.4 is 15.2 Å². The number of aromatic carboxylic acids is 1. The average molecular weight is 553 g/mol. The summed E-state index contributed by atoms with van der Waals surface area (Å²) in [7, 11) is -2.49. The van der Waals surface area contributed by atoms with E-state index < -0.39 is 48.4 Å². The van der Waals surface area contributed by atoms with Crippen molar-refractivity contribution in [1.29, 1.82) is 0 Å². The summed E-state index contributed by atoms with van der Waals surface area (Å²) in [6.45, 7) is 7.97. The fraction of sp³-hybridized carbons (Fsp3) is 0.333. The molecule has 2 saturated heterocycles. The van der Waals surface area contributed by atoms with Crippen LogP contribution in [0, 0.1) is 23.3 Å². The number of allylic oxidation sites excluding steroid dienone is 5. The van der Waals surface area contributed by atoms with E-state index in [-0.39, 0.29) is 5.57 Å². The first-order valence-electron chi connectivity index (χ1n) is 13.4. The molecule has 2 fully saturated rings. The Morgan fingerprint density at radius 2 is 1.59 bits per heavy atom. The highest BCUT2D eigenvalue weighted by atomic mass is 28.3. The van der Waals surface area contributed by atoms with Gasteiger partial charge in [-0.3, -0.25) is 0 Å². The summed E-state index contributed by atoms with van der Waals surface area (Å²) in [4.78, 5) is 14.4. The number of carboxylic acids is 1. The Bertz CT molecular complexity index is 1560. The van der Waals surface area contributed by atoms with Gasteiger partial charge >= 0.3 is 0 Å². The number of halogens is 4. The summed E-state index contributed by atoms with van der Waals surface area (Å²) in [6.07, 6.45) is 10.0. The molecule has 0 unspecified atom stereocenters. The number of hydrogen-bond acceptors (Lipinski definition) is 3. The molecule has 3 aliphatic heterocycles. The molecule has 1 aliphatic carbocycles. The van der Waals surface area contributed by atoms with Gasteiger partial charge in [0, 0.05) is 54.9 Å². The maximum absolute atomic E-state index is 15.6. The minimum absolute atomic E-state index is 0.0438. The lowest BCUT2D eigenvalue weighted by atomic mass is 9.86. The molecule has 3 heterocycles. The van der Waals surface area contributed by atoms with Gasteiger partial charge in [-0.15, -0.1) is 0 Å². The molecular weight excluding hydrogens is 524 g/mol. The van der Waals surface area contributed by atoms with E-state index in [2.05, 4.69) is 34.7 Å². The molecule has 0 spiro atoms. The molecule has 0 saturated carbocycles. The first kappa shape index (κ1) is 25.8. The third kappa shape index (κ3) is 3.92. The van der Waals surface area contributed by atoms with Crippen molar-refractivity contribution in [3.05, 3.63) is 87.2 Å². The first-order valence-corrected chi connectivity index (χ1v) is 16.4. The van der Waals surface area contributed by atoms with E-state index in [4.69, 9.17) is 0 Å². The van der Waals surface area contributed by atoms with Crippen LogP contribution >= 0.6 is 0 Å². The zero-order valence-corrected chi connectivity index (χ0v) is 22.8. The van der Waals surface area contributed by atoms with Crippen LogP contribution in [-0.2, 0) is 0 Å². The number of benzene rings is 2. The molecule has 0 amide bonds. The summed E-state index contributed by atoms with van der Waals surface area (Å²) in [6, 6.07) is 5.72. The van der Waals surface area contributed by atoms with Crippen LogP contribution in [0.3, 0.4) is 0 Å². The largest absolute Gasteiger partial charge is 0.545 e. The summed E-state index contributed by atoms with van der Waals surface area (Å²) >= 11 is 0. The van der Waals surface area contributed by atoms with Gasteiger partial charge in [0.15, 0.2) is 29.0 Å². The lowest BCUT2D eigenvalue weighted by Gasteiger charge is -2.38. The van der Waals surface area contributed by atoms with Crippen LogP contribution in [0.15, 0.2) is 47.2 Å². The Balaban J connectivity index is 1.70. The van der Waals surface area contributed by atoms with Gasteiger partial charge in [-0.1, -0.05) is 19.2 Å². The number of rotatable bonds is 3. The summed E-state index contributed by atoms with van der Waals surface area (Å²) in [5.74, 6) is -10.0. The fourth-order valence-corrected chi connectivity index (χ4v) is 9.57. The highest BCUT2D eigenvalue weighted by molar-refractivity contribution is 6.98. The van der Waals surface area contributed by atoms with Gasteiger partial charge in [0.1, 0.15) is 21.2 Å². The number of carbonyl (C=O) groups excluding carboxylic acids is 1. The van der Waals surface area contributed by atoms with Crippen LogP contribution in [0.2, 0.25) is 13.1 Å². The van der Waals surface area contributed by atoms with E-state index in [1.54, 1.807) is 12.1 Å². The second kappa shape index (κ2) is 9.33. The molecular formula is C30H28F4N2O2Si.